The quantitative estimate of drug-likeness (QED) is 0.128. The zero-order valence-corrected chi connectivity index (χ0v) is 25.6. The van der Waals surface area contributed by atoms with Crippen LogP contribution in [-0.4, -0.2) is 31.1 Å². The molecule has 1 aromatic carbocycles. The van der Waals surface area contributed by atoms with Gasteiger partial charge in [0.2, 0.25) is 0 Å². The molecule has 2 atom stereocenters. The van der Waals surface area contributed by atoms with Crippen molar-refractivity contribution in [1.29, 1.82) is 5.41 Å². The van der Waals surface area contributed by atoms with Crippen LogP contribution in [0.3, 0.4) is 0 Å². The van der Waals surface area contributed by atoms with Gasteiger partial charge in [0.1, 0.15) is 23.2 Å². The molecule has 1 heterocycles. The van der Waals surface area contributed by atoms with Gasteiger partial charge in [0.05, 0.1) is 18.3 Å². The van der Waals surface area contributed by atoms with Gasteiger partial charge in [-0.05, 0) is 69.4 Å². The van der Waals surface area contributed by atoms with E-state index in [1.54, 1.807) is 20.1 Å². The molecule has 0 spiro atoms. The SMILES string of the molecule is C=C/C(F)=C\C(F)=C(/CC)Oc1ccc(F)c([C@@H](C)CC)c1.CCCC(=N)C(C)(C)C1CO1.COC(C)(C)C. The summed E-state index contributed by atoms with van der Waals surface area (Å²) in [6.45, 7) is 22.0. The van der Waals surface area contributed by atoms with Gasteiger partial charge < -0.3 is 19.6 Å². The van der Waals surface area contributed by atoms with Gasteiger partial charge in [0.15, 0.2) is 5.83 Å². The Labute approximate surface area is 234 Å². The standard InChI is InChI=1S/C18H21F3O.C9H17NO.C5H12O/c1-5-12(4)15-11-14(8-9-16(15)20)22-18(7-3)17(21)10-13(19)6-2;1-4-5-7(10)9(2,3)8-6-11-8;1-5(2,3)6-4/h6,8-12H,2,5,7H2,1,3-4H3;8,10H,4-6H2,1-3H3;1-4H3/b13-10+,18-17-;;/t12-;;/m0../s1. The van der Waals surface area contributed by atoms with Gasteiger partial charge >= 0.3 is 0 Å². The van der Waals surface area contributed by atoms with Crippen LogP contribution in [0.15, 0.2) is 54.3 Å². The summed E-state index contributed by atoms with van der Waals surface area (Å²) in [4.78, 5) is 0. The maximum absolute atomic E-state index is 13.9. The lowest BCUT2D eigenvalue weighted by molar-refractivity contribution is 0.0397. The molecule has 0 saturated carbocycles. The Morgan fingerprint density at radius 2 is 1.74 bits per heavy atom. The van der Waals surface area contributed by atoms with E-state index in [-0.39, 0.29) is 34.9 Å². The van der Waals surface area contributed by atoms with Gasteiger partial charge in [-0.2, -0.15) is 0 Å². The van der Waals surface area contributed by atoms with Crippen LogP contribution in [0, 0.1) is 16.6 Å². The molecule has 0 amide bonds. The monoisotopic (exact) mass is 553 g/mol. The molecule has 1 unspecified atom stereocenters. The number of allylic oxidation sites excluding steroid dienone is 5. The largest absolute Gasteiger partial charge is 0.459 e. The first-order valence-electron chi connectivity index (χ1n) is 13.7. The van der Waals surface area contributed by atoms with Crippen molar-refractivity contribution in [3.8, 4) is 5.75 Å². The second-order valence-corrected chi connectivity index (χ2v) is 11.0. The second kappa shape index (κ2) is 17.3. The van der Waals surface area contributed by atoms with Crippen LogP contribution in [0.4, 0.5) is 13.2 Å². The van der Waals surface area contributed by atoms with E-state index in [9.17, 15) is 13.2 Å². The molecule has 0 aliphatic carbocycles. The minimum absolute atomic E-state index is 0.0151. The molecule has 1 aromatic rings. The molecule has 0 aromatic heterocycles. The van der Waals surface area contributed by atoms with Crippen LogP contribution in [0.1, 0.15) is 99.5 Å². The summed E-state index contributed by atoms with van der Waals surface area (Å²) in [6.07, 6.45) is 4.93. The fourth-order valence-electron chi connectivity index (χ4n) is 3.11. The number of halogens is 3. The van der Waals surface area contributed by atoms with E-state index in [0.29, 0.717) is 23.5 Å². The molecule has 1 fully saturated rings. The van der Waals surface area contributed by atoms with E-state index in [0.717, 1.165) is 37.7 Å². The highest BCUT2D eigenvalue weighted by Gasteiger charge is 2.42. The van der Waals surface area contributed by atoms with Crippen molar-refractivity contribution in [2.24, 2.45) is 5.41 Å². The molecule has 2 rings (SSSR count). The lowest BCUT2D eigenvalue weighted by atomic mass is 9.82. The fourth-order valence-corrected chi connectivity index (χ4v) is 3.11. The van der Waals surface area contributed by atoms with Crippen molar-refractivity contribution in [1.82, 2.24) is 0 Å². The highest BCUT2D eigenvalue weighted by molar-refractivity contribution is 5.87. The maximum atomic E-state index is 13.9. The topological polar surface area (TPSA) is 54.8 Å². The first-order chi connectivity index (χ1) is 18.1. The van der Waals surface area contributed by atoms with Crippen LogP contribution in [-0.2, 0) is 9.47 Å². The third-order valence-electron chi connectivity index (χ3n) is 6.43. The van der Waals surface area contributed by atoms with E-state index in [1.807, 2.05) is 34.6 Å². The normalized spacial score (nSPS) is 16.5. The van der Waals surface area contributed by atoms with Crippen molar-refractivity contribution < 1.29 is 27.4 Å². The van der Waals surface area contributed by atoms with Crippen molar-refractivity contribution in [2.45, 2.75) is 106 Å². The first kappa shape index (κ1) is 36.6. The van der Waals surface area contributed by atoms with Crippen LogP contribution in [0.5, 0.6) is 5.75 Å². The van der Waals surface area contributed by atoms with Crippen molar-refractivity contribution in [2.75, 3.05) is 13.7 Å². The van der Waals surface area contributed by atoms with Crippen molar-refractivity contribution in [3.05, 3.63) is 65.7 Å². The van der Waals surface area contributed by atoms with Gasteiger partial charge in [-0.25, -0.2) is 13.2 Å². The lowest BCUT2D eigenvalue weighted by Gasteiger charge is -2.22. The van der Waals surface area contributed by atoms with E-state index in [1.165, 1.54) is 12.1 Å². The molecule has 39 heavy (non-hydrogen) atoms. The minimum Gasteiger partial charge on any atom is -0.459 e. The number of hydrogen-bond acceptors (Lipinski definition) is 4. The smallest absolute Gasteiger partial charge is 0.164 e. The van der Waals surface area contributed by atoms with E-state index < -0.39 is 11.7 Å². The van der Waals surface area contributed by atoms with Gasteiger partial charge in [-0.1, -0.05) is 54.5 Å². The van der Waals surface area contributed by atoms with Crippen LogP contribution in [0.2, 0.25) is 0 Å². The summed E-state index contributed by atoms with van der Waals surface area (Å²) in [5.41, 5.74) is 1.38. The predicted octanol–water partition coefficient (Wildman–Crippen LogP) is 10.0. The molecule has 1 aliphatic heterocycles. The predicted molar refractivity (Wildman–Crippen MR) is 156 cm³/mol. The zero-order valence-electron chi connectivity index (χ0n) is 25.6. The van der Waals surface area contributed by atoms with Gasteiger partial charge in [-0.3, -0.25) is 0 Å². The molecule has 222 valence electrons. The van der Waals surface area contributed by atoms with Gasteiger partial charge in [0.25, 0.3) is 0 Å². The third-order valence-corrected chi connectivity index (χ3v) is 6.43. The molecule has 1 saturated heterocycles. The number of hydrogen-bond donors (Lipinski definition) is 1. The fraction of sp³-hybridized carbons (Fsp3) is 0.594. The zero-order chi connectivity index (χ0) is 30.4. The summed E-state index contributed by atoms with van der Waals surface area (Å²) in [7, 11) is 1.71. The average molecular weight is 554 g/mol. The van der Waals surface area contributed by atoms with Gasteiger partial charge in [0, 0.05) is 30.7 Å². The Kier molecular flexibility index (Phi) is 16.3. The molecule has 1 aliphatic rings. The van der Waals surface area contributed by atoms with Crippen LogP contribution in [0.25, 0.3) is 0 Å². The van der Waals surface area contributed by atoms with Crippen molar-refractivity contribution >= 4 is 5.71 Å². The van der Waals surface area contributed by atoms with E-state index in [4.69, 9.17) is 19.6 Å². The highest BCUT2D eigenvalue weighted by atomic mass is 19.1. The lowest BCUT2D eigenvalue weighted by Crippen LogP contribution is -2.29. The third kappa shape index (κ3) is 14.0. The molecule has 0 radical (unpaired) electrons. The number of epoxide rings is 1. The highest BCUT2D eigenvalue weighted by Crippen LogP contribution is 2.34. The second-order valence-electron chi connectivity index (χ2n) is 11.0. The van der Waals surface area contributed by atoms with Gasteiger partial charge in [-0.15, -0.1) is 0 Å². The Hall–Kier alpha value is -2.38. The molecule has 0 bridgehead atoms. The van der Waals surface area contributed by atoms with Crippen LogP contribution >= 0.6 is 0 Å². The number of rotatable bonds is 11. The maximum Gasteiger partial charge on any atom is 0.164 e. The average Bonchev–Trinajstić information content (AvgIpc) is 3.74. The summed E-state index contributed by atoms with van der Waals surface area (Å²) in [5, 5.41) is 7.78. The van der Waals surface area contributed by atoms with E-state index >= 15 is 0 Å². The Morgan fingerprint density at radius 1 is 1.18 bits per heavy atom. The number of ether oxygens (including phenoxy) is 3. The molecule has 1 N–H and O–H groups in total. The Balaban J connectivity index is 0.000000699. The number of nitrogens with one attached hydrogen (secondary N) is 1. The van der Waals surface area contributed by atoms with Crippen LogP contribution < -0.4 is 4.74 Å². The Morgan fingerprint density at radius 3 is 2.15 bits per heavy atom. The minimum atomic E-state index is -0.811. The molecule has 4 nitrogen and oxygen atoms in total. The summed E-state index contributed by atoms with van der Waals surface area (Å²) in [6, 6.07) is 4.28. The van der Waals surface area contributed by atoms with Crippen molar-refractivity contribution in [3.63, 3.8) is 0 Å². The molecular weight excluding hydrogens is 503 g/mol. The number of benzene rings is 1. The molecular formula is C32H50F3NO3. The summed E-state index contributed by atoms with van der Waals surface area (Å²) >= 11 is 0. The summed E-state index contributed by atoms with van der Waals surface area (Å²) in [5.74, 6) is -1.57. The Bertz CT molecular complexity index is 973. The van der Waals surface area contributed by atoms with E-state index in [2.05, 4.69) is 27.4 Å². The molecule has 7 heteroatoms. The summed E-state index contributed by atoms with van der Waals surface area (Å²) < 4.78 is 56.3. The first-order valence-corrected chi connectivity index (χ1v) is 13.7. The number of methoxy groups -OCH3 is 1.